The summed E-state index contributed by atoms with van der Waals surface area (Å²) in [5, 5.41) is 14.2. The second-order valence-electron chi connectivity index (χ2n) is 7.08. The van der Waals surface area contributed by atoms with Gasteiger partial charge < -0.3 is 14.8 Å². The Bertz CT molecular complexity index is 896. The second-order valence-corrected chi connectivity index (χ2v) is 8.27. The van der Waals surface area contributed by atoms with E-state index in [1.165, 1.54) is 11.1 Å². The molecule has 2 N–H and O–H groups in total. The van der Waals surface area contributed by atoms with Crippen molar-refractivity contribution in [2.24, 2.45) is 5.92 Å². The number of furan rings is 1. The van der Waals surface area contributed by atoms with Crippen LogP contribution in [0.1, 0.15) is 28.5 Å². The predicted octanol–water partition coefficient (Wildman–Crippen LogP) is 5.73. The van der Waals surface area contributed by atoms with Crippen molar-refractivity contribution in [3.63, 3.8) is 0 Å². The standard InChI is InChI=1S/C23H25BrClNO2/c1-16-6-2-3-7-18(16)12-17(15-27)14-26-21(22-10-11-23(24)28-22)13-19-8-4-5-9-20(19)25/h2-11,17,21,26-27H,12-15H2,1H3. The van der Waals surface area contributed by atoms with Crippen LogP contribution in [-0.2, 0) is 12.8 Å². The molecule has 0 amide bonds. The van der Waals surface area contributed by atoms with Crippen molar-refractivity contribution in [1.29, 1.82) is 0 Å². The molecule has 1 aromatic heterocycles. The molecule has 0 fully saturated rings. The highest BCUT2D eigenvalue weighted by Gasteiger charge is 2.19. The summed E-state index contributed by atoms with van der Waals surface area (Å²) in [5.41, 5.74) is 3.59. The van der Waals surface area contributed by atoms with Gasteiger partial charge in [0.15, 0.2) is 4.67 Å². The molecule has 3 nitrogen and oxygen atoms in total. The number of hydrogen-bond acceptors (Lipinski definition) is 3. The van der Waals surface area contributed by atoms with Gasteiger partial charge in [-0.25, -0.2) is 0 Å². The van der Waals surface area contributed by atoms with Crippen LogP contribution >= 0.6 is 27.5 Å². The van der Waals surface area contributed by atoms with Gasteiger partial charge >= 0.3 is 0 Å². The fourth-order valence-corrected chi connectivity index (χ4v) is 3.87. The number of aliphatic hydroxyl groups excluding tert-OH is 1. The lowest BCUT2D eigenvalue weighted by Gasteiger charge is -2.22. The quantitative estimate of drug-likeness (QED) is 0.427. The first-order valence-corrected chi connectivity index (χ1v) is 10.6. The Morgan fingerprint density at radius 1 is 1.00 bits per heavy atom. The van der Waals surface area contributed by atoms with Crippen molar-refractivity contribution in [3.8, 4) is 0 Å². The molecule has 5 heteroatoms. The van der Waals surface area contributed by atoms with E-state index in [0.29, 0.717) is 17.6 Å². The first-order valence-electron chi connectivity index (χ1n) is 9.44. The van der Waals surface area contributed by atoms with Gasteiger partial charge in [0.2, 0.25) is 0 Å². The maximum atomic E-state index is 9.91. The maximum Gasteiger partial charge on any atom is 0.169 e. The molecule has 148 valence electrons. The van der Waals surface area contributed by atoms with Crippen molar-refractivity contribution < 1.29 is 9.52 Å². The lowest BCUT2D eigenvalue weighted by atomic mass is 9.96. The summed E-state index contributed by atoms with van der Waals surface area (Å²) >= 11 is 9.75. The van der Waals surface area contributed by atoms with Crippen molar-refractivity contribution in [3.05, 3.63) is 92.8 Å². The van der Waals surface area contributed by atoms with Crippen molar-refractivity contribution in [2.45, 2.75) is 25.8 Å². The number of aliphatic hydroxyl groups is 1. The summed E-state index contributed by atoms with van der Waals surface area (Å²) in [6.07, 6.45) is 1.54. The molecule has 0 radical (unpaired) electrons. The second kappa shape index (κ2) is 10.3. The molecule has 2 atom stereocenters. The highest BCUT2D eigenvalue weighted by molar-refractivity contribution is 9.10. The van der Waals surface area contributed by atoms with Crippen LogP contribution in [0.5, 0.6) is 0 Å². The van der Waals surface area contributed by atoms with E-state index in [-0.39, 0.29) is 18.6 Å². The Kier molecular flexibility index (Phi) is 7.74. The molecule has 0 aliphatic rings. The van der Waals surface area contributed by atoms with Crippen LogP contribution in [0.4, 0.5) is 0 Å². The number of aryl methyl sites for hydroxylation is 1. The van der Waals surface area contributed by atoms with Crippen LogP contribution in [0, 0.1) is 12.8 Å². The van der Waals surface area contributed by atoms with Crippen LogP contribution in [0.3, 0.4) is 0 Å². The predicted molar refractivity (Wildman–Crippen MR) is 118 cm³/mol. The normalized spacial score (nSPS) is 13.4. The zero-order chi connectivity index (χ0) is 19.9. The minimum atomic E-state index is -0.0304. The van der Waals surface area contributed by atoms with Crippen molar-refractivity contribution in [1.82, 2.24) is 5.32 Å². The van der Waals surface area contributed by atoms with E-state index in [9.17, 15) is 5.11 Å². The molecule has 0 bridgehead atoms. The fourth-order valence-electron chi connectivity index (χ4n) is 3.33. The number of hydrogen-bond donors (Lipinski definition) is 2. The van der Waals surface area contributed by atoms with Gasteiger partial charge in [-0.1, -0.05) is 54.1 Å². The van der Waals surface area contributed by atoms with Crippen LogP contribution in [0.25, 0.3) is 0 Å². The molecule has 0 spiro atoms. The van der Waals surface area contributed by atoms with E-state index < -0.39 is 0 Å². The van der Waals surface area contributed by atoms with E-state index in [4.69, 9.17) is 16.0 Å². The summed E-state index contributed by atoms with van der Waals surface area (Å²) in [7, 11) is 0. The highest BCUT2D eigenvalue weighted by atomic mass is 79.9. The summed E-state index contributed by atoms with van der Waals surface area (Å²) in [6, 6.07) is 20.0. The fraction of sp³-hybridized carbons (Fsp3) is 0.304. The zero-order valence-corrected chi connectivity index (χ0v) is 18.2. The molecule has 2 unspecified atom stereocenters. The Hall–Kier alpha value is -1.59. The van der Waals surface area contributed by atoms with Gasteiger partial charge in [-0.15, -0.1) is 0 Å². The summed E-state index contributed by atoms with van der Waals surface area (Å²) in [6.45, 7) is 2.91. The Labute approximate surface area is 179 Å². The molecule has 2 aromatic carbocycles. The average Bonchev–Trinajstić information content (AvgIpc) is 3.13. The molecule has 3 aromatic rings. The van der Waals surface area contributed by atoms with Gasteiger partial charge in [0, 0.05) is 18.2 Å². The summed E-state index contributed by atoms with van der Waals surface area (Å²) in [5.74, 6) is 0.965. The number of halogens is 2. The smallest absolute Gasteiger partial charge is 0.169 e. The molecule has 0 saturated carbocycles. The molecule has 0 saturated heterocycles. The van der Waals surface area contributed by atoms with Gasteiger partial charge in [0.1, 0.15) is 5.76 Å². The van der Waals surface area contributed by atoms with E-state index in [2.05, 4.69) is 40.3 Å². The van der Waals surface area contributed by atoms with Gasteiger partial charge in [-0.05, 0) is 76.5 Å². The first-order chi connectivity index (χ1) is 13.6. The monoisotopic (exact) mass is 461 g/mol. The Balaban J connectivity index is 1.71. The van der Waals surface area contributed by atoms with Crippen LogP contribution in [0.2, 0.25) is 5.02 Å². The average molecular weight is 463 g/mol. The summed E-state index contributed by atoms with van der Waals surface area (Å²) < 4.78 is 6.51. The van der Waals surface area contributed by atoms with E-state index >= 15 is 0 Å². The first kappa shape index (κ1) is 21.1. The van der Waals surface area contributed by atoms with E-state index in [0.717, 1.165) is 22.8 Å². The van der Waals surface area contributed by atoms with Crippen LogP contribution in [-0.4, -0.2) is 18.3 Å². The lowest BCUT2D eigenvalue weighted by Crippen LogP contribution is -2.31. The minimum Gasteiger partial charge on any atom is -0.453 e. The highest BCUT2D eigenvalue weighted by Crippen LogP contribution is 2.27. The largest absolute Gasteiger partial charge is 0.453 e. The molecular formula is C23H25BrClNO2. The topological polar surface area (TPSA) is 45.4 Å². The third-order valence-electron chi connectivity index (χ3n) is 5.00. The molecule has 3 rings (SSSR count). The third kappa shape index (κ3) is 5.71. The SMILES string of the molecule is Cc1ccccc1CC(CO)CNC(Cc1ccccc1Cl)c1ccc(Br)o1. The Morgan fingerprint density at radius 2 is 1.71 bits per heavy atom. The zero-order valence-electron chi connectivity index (χ0n) is 15.9. The number of benzene rings is 2. The molecular weight excluding hydrogens is 438 g/mol. The van der Waals surface area contributed by atoms with Crippen LogP contribution < -0.4 is 5.32 Å². The summed E-state index contributed by atoms with van der Waals surface area (Å²) in [4.78, 5) is 0. The van der Waals surface area contributed by atoms with Crippen molar-refractivity contribution >= 4 is 27.5 Å². The van der Waals surface area contributed by atoms with Gasteiger partial charge in [0.25, 0.3) is 0 Å². The Morgan fingerprint density at radius 3 is 2.36 bits per heavy atom. The molecule has 0 aliphatic heterocycles. The van der Waals surface area contributed by atoms with Crippen molar-refractivity contribution in [2.75, 3.05) is 13.2 Å². The van der Waals surface area contributed by atoms with E-state index in [1.54, 1.807) is 0 Å². The maximum absolute atomic E-state index is 9.91. The van der Waals surface area contributed by atoms with Gasteiger partial charge in [-0.2, -0.15) is 0 Å². The molecule has 1 heterocycles. The van der Waals surface area contributed by atoms with Crippen LogP contribution in [0.15, 0.2) is 69.8 Å². The number of nitrogens with one attached hydrogen (secondary N) is 1. The third-order valence-corrected chi connectivity index (χ3v) is 5.80. The van der Waals surface area contributed by atoms with E-state index in [1.807, 2.05) is 48.5 Å². The van der Waals surface area contributed by atoms with Gasteiger partial charge in [-0.3, -0.25) is 0 Å². The molecule has 28 heavy (non-hydrogen) atoms. The van der Waals surface area contributed by atoms with Gasteiger partial charge in [0.05, 0.1) is 6.04 Å². The number of rotatable bonds is 9. The molecule has 0 aliphatic carbocycles. The minimum absolute atomic E-state index is 0.0304. The lowest BCUT2D eigenvalue weighted by molar-refractivity contribution is 0.215.